The number of nitrogens with zero attached hydrogens (tertiary/aromatic N) is 1. The van der Waals surface area contributed by atoms with Crippen molar-refractivity contribution in [2.24, 2.45) is 5.92 Å². The molecule has 1 saturated heterocycles. The van der Waals surface area contributed by atoms with E-state index in [9.17, 15) is 9.59 Å². The van der Waals surface area contributed by atoms with E-state index < -0.39 is 6.04 Å². The van der Waals surface area contributed by atoms with Gasteiger partial charge in [-0.15, -0.1) is 0 Å². The maximum atomic E-state index is 12.6. The first kappa shape index (κ1) is 17.0. The average Bonchev–Trinajstić information content (AvgIpc) is 2.45. The molecule has 0 bridgehead atoms. The van der Waals surface area contributed by atoms with Crippen LogP contribution in [0.25, 0.3) is 0 Å². The number of carbonyl (C=O) groups excluding carboxylic acids is 2. The average molecular weight is 301 g/mol. The van der Waals surface area contributed by atoms with E-state index in [1.165, 1.54) is 5.54 Å². The first-order chi connectivity index (χ1) is 9.46. The predicted molar refractivity (Wildman–Crippen MR) is 81.4 cm³/mol. The van der Waals surface area contributed by atoms with Gasteiger partial charge in [0.05, 0.1) is 0 Å². The van der Waals surface area contributed by atoms with E-state index >= 15 is 0 Å². The maximum absolute atomic E-state index is 12.6. The summed E-state index contributed by atoms with van der Waals surface area (Å²) in [6, 6.07) is -0.789. The molecule has 0 spiro atoms. The van der Waals surface area contributed by atoms with Gasteiger partial charge in [-0.05, 0) is 24.8 Å². The standard InChI is InChI=1S/C15H25ClN2O2/c1-5-7-12-14(19)17-13(11(4)6-2)15(20)18(12)9-10(3)8-16/h8,11-13H,5-7,9H2,1-4H3,(H,17,19). The molecule has 1 rings (SSSR count). The highest BCUT2D eigenvalue weighted by atomic mass is 35.5. The molecule has 0 aromatic heterocycles. The number of halogens is 1. The molecule has 4 nitrogen and oxygen atoms in total. The van der Waals surface area contributed by atoms with Crippen molar-refractivity contribution in [3.63, 3.8) is 0 Å². The lowest BCUT2D eigenvalue weighted by Crippen LogP contribution is -2.65. The zero-order valence-electron chi connectivity index (χ0n) is 12.8. The highest BCUT2D eigenvalue weighted by Crippen LogP contribution is 2.21. The van der Waals surface area contributed by atoms with Crippen LogP contribution < -0.4 is 5.32 Å². The fraction of sp³-hybridized carbons (Fsp3) is 0.733. The summed E-state index contributed by atoms with van der Waals surface area (Å²) in [4.78, 5) is 26.6. The highest BCUT2D eigenvalue weighted by Gasteiger charge is 2.41. The zero-order chi connectivity index (χ0) is 15.3. The van der Waals surface area contributed by atoms with Crippen molar-refractivity contribution in [3.8, 4) is 0 Å². The van der Waals surface area contributed by atoms with Crippen LogP contribution in [0.4, 0.5) is 0 Å². The molecule has 0 radical (unpaired) electrons. The molecular weight excluding hydrogens is 276 g/mol. The van der Waals surface area contributed by atoms with Crippen molar-refractivity contribution in [1.82, 2.24) is 10.2 Å². The van der Waals surface area contributed by atoms with Crippen LogP contribution in [0.5, 0.6) is 0 Å². The molecule has 2 amide bonds. The van der Waals surface area contributed by atoms with Gasteiger partial charge >= 0.3 is 0 Å². The number of hydrogen-bond acceptors (Lipinski definition) is 2. The molecule has 1 fully saturated rings. The second-order valence-electron chi connectivity index (χ2n) is 5.60. The van der Waals surface area contributed by atoms with Crippen LogP contribution in [0.3, 0.4) is 0 Å². The Morgan fingerprint density at radius 1 is 1.45 bits per heavy atom. The van der Waals surface area contributed by atoms with Gasteiger partial charge in [0, 0.05) is 12.1 Å². The summed E-state index contributed by atoms with van der Waals surface area (Å²) in [7, 11) is 0. The smallest absolute Gasteiger partial charge is 0.246 e. The molecule has 1 aliphatic heterocycles. The lowest BCUT2D eigenvalue weighted by atomic mass is 9.93. The maximum Gasteiger partial charge on any atom is 0.246 e. The molecule has 0 aromatic rings. The second-order valence-corrected chi connectivity index (χ2v) is 5.82. The van der Waals surface area contributed by atoms with Gasteiger partial charge in [-0.25, -0.2) is 0 Å². The molecule has 3 atom stereocenters. The molecule has 5 heteroatoms. The van der Waals surface area contributed by atoms with Crippen molar-refractivity contribution in [1.29, 1.82) is 0 Å². The van der Waals surface area contributed by atoms with Crippen molar-refractivity contribution in [2.75, 3.05) is 6.54 Å². The minimum Gasteiger partial charge on any atom is -0.342 e. The van der Waals surface area contributed by atoms with E-state index in [1.54, 1.807) is 4.90 Å². The van der Waals surface area contributed by atoms with Gasteiger partial charge in [0.1, 0.15) is 12.1 Å². The third kappa shape index (κ3) is 3.75. The van der Waals surface area contributed by atoms with Gasteiger partial charge < -0.3 is 10.2 Å². The summed E-state index contributed by atoms with van der Waals surface area (Å²) in [5.41, 5.74) is 2.36. The van der Waals surface area contributed by atoms with Crippen LogP contribution in [0, 0.1) is 5.92 Å². The molecule has 0 aromatic carbocycles. The summed E-state index contributed by atoms with van der Waals surface area (Å²) < 4.78 is 0. The Labute approximate surface area is 126 Å². The number of nitrogens with one attached hydrogen (secondary N) is 1. The number of hydrogen-bond donors (Lipinski definition) is 1. The number of amides is 2. The lowest BCUT2D eigenvalue weighted by Gasteiger charge is -2.41. The lowest BCUT2D eigenvalue weighted by molar-refractivity contribution is -0.150. The Balaban J connectivity index is 3.00. The van der Waals surface area contributed by atoms with Crippen molar-refractivity contribution in [3.05, 3.63) is 11.1 Å². The third-order valence-corrected chi connectivity index (χ3v) is 4.28. The topological polar surface area (TPSA) is 49.4 Å². The first-order valence-electron chi connectivity index (χ1n) is 7.32. The first-order valence-corrected chi connectivity index (χ1v) is 7.76. The molecule has 1 N–H and O–H groups in total. The van der Waals surface area contributed by atoms with Gasteiger partial charge in [-0.2, -0.15) is 0 Å². The van der Waals surface area contributed by atoms with Gasteiger partial charge in [-0.1, -0.05) is 45.2 Å². The molecule has 1 aliphatic rings. The second kappa shape index (κ2) is 7.67. The molecular formula is C15H25ClN2O2. The van der Waals surface area contributed by atoms with E-state index in [0.29, 0.717) is 13.0 Å². The Kier molecular flexibility index (Phi) is 6.53. The largest absolute Gasteiger partial charge is 0.342 e. The zero-order valence-corrected chi connectivity index (χ0v) is 13.5. The van der Waals surface area contributed by atoms with Crippen molar-refractivity contribution in [2.45, 2.75) is 59.0 Å². The van der Waals surface area contributed by atoms with Gasteiger partial charge in [0.25, 0.3) is 0 Å². The van der Waals surface area contributed by atoms with Crippen LogP contribution in [-0.2, 0) is 9.59 Å². The number of carbonyl (C=O) groups is 2. The SMILES string of the molecule is CCCC1C(=O)NC(C(C)CC)C(=O)N1CC(C)=CCl. The minimum absolute atomic E-state index is 0.00951. The predicted octanol–water partition coefficient (Wildman–Crippen LogP) is 2.67. The molecule has 1 heterocycles. The molecule has 114 valence electrons. The fourth-order valence-electron chi connectivity index (χ4n) is 2.46. The fourth-order valence-corrected chi connectivity index (χ4v) is 2.53. The van der Waals surface area contributed by atoms with Crippen LogP contribution >= 0.6 is 11.6 Å². The van der Waals surface area contributed by atoms with Gasteiger partial charge in [-0.3, -0.25) is 9.59 Å². The van der Waals surface area contributed by atoms with Crippen LogP contribution in [0.1, 0.15) is 47.0 Å². The van der Waals surface area contributed by atoms with E-state index in [-0.39, 0.29) is 23.8 Å². The summed E-state index contributed by atoms with van der Waals surface area (Å²) in [5, 5.41) is 2.89. The van der Waals surface area contributed by atoms with Crippen LogP contribution in [0.15, 0.2) is 11.1 Å². The van der Waals surface area contributed by atoms with Crippen LogP contribution in [0.2, 0.25) is 0 Å². The highest BCUT2D eigenvalue weighted by molar-refractivity contribution is 6.25. The van der Waals surface area contributed by atoms with E-state index in [0.717, 1.165) is 18.4 Å². The monoisotopic (exact) mass is 300 g/mol. The summed E-state index contributed by atoms with van der Waals surface area (Å²) in [6.45, 7) is 8.32. The van der Waals surface area contributed by atoms with Crippen molar-refractivity contribution < 1.29 is 9.59 Å². The minimum atomic E-state index is -0.413. The van der Waals surface area contributed by atoms with Gasteiger partial charge in [0.2, 0.25) is 11.8 Å². The number of piperazine rings is 1. The molecule has 20 heavy (non-hydrogen) atoms. The Hall–Kier alpha value is -1.03. The summed E-state index contributed by atoms with van der Waals surface area (Å²) in [5.74, 6) is 0.103. The van der Waals surface area contributed by atoms with E-state index in [4.69, 9.17) is 11.6 Å². The van der Waals surface area contributed by atoms with Crippen LogP contribution in [-0.4, -0.2) is 35.3 Å². The Morgan fingerprint density at radius 3 is 2.60 bits per heavy atom. The molecule has 0 aliphatic carbocycles. The Morgan fingerprint density at radius 2 is 2.10 bits per heavy atom. The van der Waals surface area contributed by atoms with Crippen molar-refractivity contribution >= 4 is 23.4 Å². The third-order valence-electron chi connectivity index (χ3n) is 3.91. The Bertz CT molecular complexity index is 395. The normalized spacial score (nSPS) is 25.6. The number of rotatable bonds is 6. The van der Waals surface area contributed by atoms with E-state index in [2.05, 4.69) is 5.32 Å². The van der Waals surface area contributed by atoms with E-state index in [1.807, 2.05) is 27.7 Å². The summed E-state index contributed by atoms with van der Waals surface area (Å²) >= 11 is 5.71. The quantitative estimate of drug-likeness (QED) is 0.820. The van der Waals surface area contributed by atoms with Gasteiger partial charge in [0.15, 0.2) is 0 Å². The molecule has 0 saturated carbocycles. The summed E-state index contributed by atoms with van der Waals surface area (Å²) in [6.07, 6.45) is 2.40. The molecule has 3 unspecified atom stereocenters.